The highest BCUT2D eigenvalue weighted by Gasteiger charge is 2.20. The molecule has 1 N–H and O–H groups in total. The highest BCUT2D eigenvalue weighted by Crippen LogP contribution is 2.31. The molecule has 5 rings (SSSR count). The predicted molar refractivity (Wildman–Crippen MR) is 119 cm³/mol. The number of benzene rings is 1. The van der Waals surface area contributed by atoms with E-state index in [9.17, 15) is 0 Å². The van der Waals surface area contributed by atoms with Crippen molar-refractivity contribution in [3.8, 4) is 11.1 Å². The predicted octanol–water partition coefficient (Wildman–Crippen LogP) is 5.50. The molecule has 0 atom stereocenters. The standard InChI is InChI=1S/C24H27N5O/c1-16-22(17(2)30-28-16)19-13-21-23(25-14-19)27-24(26-20-11-7-4-8-12-20)29(21)15-18-9-5-3-6-10-18/h3,5-6,9-10,13-14,20H,4,7-8,11-12,15H2,1-2H3,(H,25,26,27). The lowest BCUT2D eigenvalue weighted by Gasteiger charge is -2.23. The van der Waals surface area contributed by atoms with Gasteiger partial charge < -0.3 is 14.4 Å². The molecule has 0 unspecified atom stereocenters. The molecule has 1 aromatic carbocycles. The Hall–Kier alpha value is -3.15. The smallest absolute Gasteiger partial charge is 0.205 e. The zero-order valence-corrected chi connectivity index (χ0v) is 17.6. The molecule has 0 amide bonds. The topological polar surface area (TPSA) is 68.8 Å². The molecule has 6 nitrogen and oxygen atoms in total. The number of anilines is 1. The van der Waals surface area contributed by atoms with Gasteiger partial charge in [0.2, 0.25) is 5.95 Å². The van der Waals surface area contributed by atoms with E-state index in [1.807, 2.05) is 26.1 Å². The van der Waals surface area contributed by atoms with Crippen molar-refractivity contribution in [2.75, 3.05) is 5.32 Å². The van der Waals surface area contributed by atoms with Crippen molar-refractivity contribution in [3.63, 3.8) is 0 Å². The second-order valence-corrected chi connectivity index (χ2v) is 8.25. The maximum Gasteiger partial charge on any atom is 0.205 e. The van der Waals surface area contributed by atoms with Crippen LogP contribution in [-0.2, 0) is 6.54 Å². The Balaban J connectivity index is 1.60. The summed E-state index contributed by atoms with van der Waals surface area (Å²) in [6.07, 6.45) is 8.18. The van der Waals surface area contributed by atoms with Gasteiger partial charge in [0.25, 0.3) is 0 Å². The largest absolute Gasteiger partial charge is 0.361 e. The summed E-state index contributed by atoms with van der Waals surface area (Å²) in [5.41, 5.74) is 5.93. The first-order chi connectivity index (χ1) is 14.7. The number of imidazole rings is 1. The van der Waals surface area contributed by atoms with Crippen LogP contribution >= 0.6 is 0 Å². The lowest BCUT2D eigenvalue weighted by atomic mass is 9.96. The van der Waals surface area contributed by atoms with Gasteiger partial charge in [0, 0.05) is 23.4 Å². The molecule has 0 bridgehead atoms. The monoisotopic (exact) mass is 401 g/mol. The number of rotatable bonds is 5. The van der Waals surface area contributed by atoms with Crippen LogP contribution in [0.2, 0.25) is 0 Å². The Labute approximate surface area is 176 Å². The zero-order chi connectivity index (χ0) is 20.5. The van der Waals surface area contributed by atoms with E-state index in [0.717, 1.165) is 46.2 Å². The molecule has 0 spiro atoms. The first-order valence-electron chi connectivity index (χ1n) is 10.8. The van der Waals surface area contributed by atoms with E-state index < -0.39 is 0 Å². The summed E-state index contributed by atoms with van der Waals surface area (Å²) in [6, 6.07) is 13.2. The second kappa shape index (κ2) is 7.94. The molecule has 6 heteroatoms. The molecule has 3 aromatic heterocycles. The Morgan fingerprint density at radius 1 is 1.10 bits per heavy atom. The van der Waals surface area contributed by atoms with Crippen molar-refractivity contribution < 1.29 is 4.52 Å². The number of hydrogen-bond donors (Lipinski definition) is 1. The highest BCUT2D eigenvalue weighted by molar-refractivity contribution is 5.82. The van der Waals surface area contributed by atoms with Crippen LogP contribution in [0.4, 0.5) is 5.95 Å². The summed E-state index contributed by atoms with van der Waals surface area (Å²) in [7, 11) is 0. The average Bonchev–Trinajstić information content (AvgIpc) is 3.28. The molecule has 1 aliphatic carbocycles. The lowest BCUT2D eigenvalue weighted by molar-refractivity contribution is 0.393. The number of nitrogens with zero attached hydrogens (tertiary/aromatic N) is 4. The van der Waals surface area contributed by atoms with Crippen molar-refractivity contribution in [1.82, 2.24) is 19.7 Å². The molecular weight excluding hydrogens is 374 g/mol. The Bertz CT molecular complexity index is 1140. The summed E-state index contributed by atoms with van der Waals surface area (Å²) < 4.78 is 7.64. The summed E-state index contributed by atoms with van der Waals surface area (Å²) in [4.78, 5) is 9.57. The third-order valence-electron chi connectivity index (χ3n) is 6.05. The number of aryl methyl sites for hydroxylation is 2. The van der Waals surface area contributed by atoms with Gasteiger partial charge in [0.15, 0.2) is 5.65 Å². The van der Waals surface area contributed by atoms with E-state index in [1.165, 1.54) is 37.7 Å². The van der Waals surface area contributed by atoms with Gasteiger partial charge in [0.1, 0.15) is 5.76 Å². The van der Waals surface area contributed by atoms with Crippen LogP contribution in [-0.4, -0.2) is 25.7 Å². The molecule has 0 saturated heterocycles. The zero-order valence-electron chi connectivity index (χ0n) is 17.6. The molecule has 30 heavy (non-hydrogen) atoms. The Morgan fingerprint density at radius 3 is 2.63 bits per heavy atom. The minimum Gasteiger partial charge on any atom is -0.361 e. The highest BCUT2D eigenvalue weighted by atomic mass is 16.5. The van der Waals surface area contributed by atoms with Crippen molar-refractivity contribution in [2.45, 2.75) is 58.5 Å². The van der Waals surface area contributed by atoms with Crippen LogP contribution in [0.25, 0.3) is 22.3 Å². The lowest BCUT2D eigenvalue weighted by Crippen LogP contribution is -2.24. The molecule has 1 aliphatic rings. The molecular formula is C24H27N5O. The molecule has 1 fully saturated rings. The molecule has 1 saturated carbocycles. The van der Waals surface area contributed by atoms with Gasteiger partial charge in [-0.15, -0.1) is 0 Å². The third-order valence-corrected chi connectivity index (χ3v) is 6.05. The fourth-order valence-electron chi connectivity index (χ4n) is 4.50. The van der Waals surface area contributed by atoms with Crippen molar-refractivity contribution in [3.05, 3.63) is 59.6 Å². The summed E-state index contributed by atoms with van der Waals surface area (Å²) >= 11 is 0. The number of pyridine rings is 1. The molecule has 0 radical (unpaired) electrons. The van der Waals surface area contributed by atoms with Crippen molar-refractivity contribution >= 4 is 17.1 Å². The fourth-order valence-corrected chi connectivity index (χ4v) is 4.50. The van der Waals surface area contributed by atoms with Gasteiger partial charge in [-0.05, 0) is 38.3 Å². The minimum absolute atomic E-state index is 0.479. The summed E-state index contributed by atoms with van der Waals surface area (Å²) in [5, 5.41) is 7.82. The molecule has 154 valence electrons. The maximum absolute atomic E-state index is 5.38. The maximum atomic E-state index is 5.38. The summed E-state index contributed by atoms with van der Waals surface area (Å²) in [6.45, 7) is 4.66. The number of fused-ring (bicyclic) bond motifs is 1. The van der Waals surface area contributed by atoms with E-state index in [1.54, 1.807) is 0 Å². The van der Waals surface area contributed by atoms with Gasteiger partial charge in [-0.3, -0.25) is 0 Å². The number of aromatic nitrogens is 4. The first-order valence-corrected chi connectivity index (χ1v) is 10.8. The van der Waals surface area contributed by atoms with Crippen LogP contribution in [0.15, 0.2) is 47.1 Å². The normalized spacial score (nSPS) is 15.0. The van der Waals surface area contributed by atoms with E-state index in [0.29, 0.717) is 6.04 Å². The van der Waals surface area contributed by atoms with E-state index >= 15 is 0 Å². The van der Waals surface area contributed by atoms with E-state index in [4.69, 9.17) is 14.5 Å². The van der Waals surface area contributed by atoms with Gasteiger partial charge in [-0.2, -0.15) is 4.98 Å². The van der Waals surface area contributed by atoms with Crippen molar-refractivity contribution in [2.24, 2.45) is 0 Å². The minimum atomic E-state index is 0.479. The second-order valence-electron chi connectivity index (χ2n) is 8.25. The molecule has 3 heterocycles. The van der Waals surface area contributed by atoms with E-state index in [-0.39, 0.29) is 0 Å². The molecule has 4 aromatic rings. The van der Waals surface area contributed by atoms with Gasteiger partial charge >= 0.3 is 0 Å². The Morgan fingerprint density at radius 2 is 1.90 bits per heavy atom. The SMILES string of the molecule is Cc1noc(C)c1-c1cnc2nc(NC3CCCCC3)n(Cc3ccccc3)c2c1. The quantitative estimate of drug-likeness (QED) is 0.478. The van der Waals surface area contributed by atoms with Crippen LogP contribution < -0.4 is 5.32 Å². The van der Waals surface area contributed by atoms with Gasteiger partial charge in [0.05, 0.1) is 17.8 Å². The van der Waals surface area contributed by atoms with Crippen LogP contribution in [0.5, 0.6) is 0 Å². The van der Waals surface area contributed by atoms with Crippen LogP contribution in [0.3, 0.4) is 0 Å². The number of nitrogens with one attached hydrogen (secondary N) is 1. The van der Waals surface area contributed by atoms with E-state index in [2.05, 4.69) is 45.4 Å². The number of hydrogen-bond acceptors (Lipinski definition) is 5. The Kier molecular flexibility index (Phi) is 4.99. The van der Waals surface area contributed by atoms with Gasteiger partial charge in [-0.25, -0.2) is 4.98 Å². The van der Waals surface area contributed by atoms with Crippen molar-refractivity contribution in [1.29, 1.82) is 0 Å². The molecule has 0 aliphatic heterocycles. The third kappa shape index (κ3) is 3.58. The van der Waals surface area contributed by atoms with Crippen LogP contribution in [0.1, 0.15) is 49.1 Å². The summed E-state index contributed by atoms with van der Waals surface area (Å²) in [5.74, 6) is 1.72. The fraction of sp³-hybridized carbons (Fsp3) is 0.375. The first kappa shape index (κ1) is 18.9. The van der Waals surface area contributed by atoms with Crippen LogP contribution in [0, 0.1) is 13.8 Å². The van der Waals surface area contributed by atoms with Gasteiger partial charge in [-0.1, -0.05) is 54.8 Å². The average molecular weight is 402 g/mol.